The van der Waals surface area contributed by atoms with Gasteiger partial charge in [-0.3, -0.25) is 0 Å². The van der Waals surface area contributed by atoms with Crippen LogP contribution >= 0.6 is 23.2 Å². The Bertz CT molecular complexity index is 970. The van der Waals surface area contributed by atoms with Gasteiger partial charge in [-0.1, -0.05) is 29.3 Å². The van der Waals surface area contributed by atoms with E-state index in [0.717, 1.165) is 11.6 Å². The van der Waals surface area contributed by atoms with Crippen molar-refractivity contribution in [3.05, 3.63) is 62.6 Å². The van der Waals surface area contributed by atoms with E-state index in [-0.39, 0.29) is 22.8 Å². The summed E-state index contributed by atoms with van der Waals surface area (Å²) in [6.07, 6.45) is -6.21. The molecule has 9 heteroatoms. The van der Waals surface area contributed by atoms with Crippen LogP contribution in [-0.2, 0) is 11.2 Å². The zero-order chi connectivity index (χ0) is 20.6. The molecule has 0 saturated heterocycles. The number of rotatable bonds is 4. The molecule has 1 aliphatic heterocycles. The normalized spacial score (nSPS) is 16.1. The van der Waals surface area contributed by atoms with E-state index >= 15 is 0 Å². The van der Waals surface area contributed by atoms with Gasteiger partial charge in [-0.05, 0) is 47.9 Å². The van der Waals surface area contributed by atoms with Gasteiger partial charge in [0.2, 0.25) is 6.10 Å². The lowest BCUT2D eigenvalue weighted by Gasteiger charge is -2.27. The molecular formula is C19H13Cl2F3O4. The van der Waals surface area contributed by atoms with E-state index in [0.29, 0.717) is 16.3 Å². The van der Waals surface area contributed by atoms with Gasteiger partial charge in [-0.15, -0.1) is 0 Å². The average molecular weight is 433 g/mol. The second kappa shape index (κ2) is 7.56. The van der Waals surface area contributed by atoms with Crippen LogP contribution in [-0.4, -0.2) is 30.5 Å². The van der Waals surface area contributed by atoms with Crippen LogP contribution in [0.25, 0.3) is 6.08 Å². The number of carboxylic acids is 1. The van der Waals surface area contributed by atoms with Crippen LogP contribution in [0, 0.1) is 0 Å². The molecule has 0 fully saturated rings. The van der Waals surface area contributed by atoms with Gasteiger partial charge in [0, 0.05) is 10.6 Å². The summed E-state index contributed by atoms with van der Waals surface area (Å²) in [5.41, 5.74) is 0.539. The third-order valence-corrected chi connectivity index (χ3v) is 4.82. The van der Waals surface area contributed by atoms with Crippen molar-refractivity contribution < 1.29 is 32.5 Å². The zero-order valence-corrected chi connectivity index (χ0v) is 15.8. The van der Waals surface area contributed by atoms with E-state index < -0.39 is 23.8 Å². The number of hydrogen-bond donors (Lipinski definition) is 1. The fourth-order valence-electron chi connectivity index (χ4n) is 2.85. The number of fused-ring (bicyclic) bond motifs is 1. The fourth-order valence-corrected chi connectivity index (χ4v) is 3.37. The molecule has 0 amide bonds. The number of benzene rings is 2. The van der Waals surface area contributed by atoms with E-state index in [1.807, 2.05) is 0 Å². The standard InChI is InChI=1S/C19H13Cl2F3O4/c1-27-15-3-2-9(5-14(15)21)4-10-8-16-11(7-13(10)20)6-12(18(25)26)17(28-16)19(22,23)24/h2-3,5-8,17H,4H2,1H3,(H,25,26). The lowest BCUT2D eigenvalue weighted by atomic mass is 9.97. The predicted molar refractivity (Wildman–Crippen MR) is 98.3 cm³/mol. The minimum Gasteiger partial charge on any atom is -0.495 e. The van der Waals surface area contributed by atoms with E-state index in [4.69, 9.17) is 37.8 Å². The number of hydrogen-bond acceptors (Lipinski definition) is 3. The molecular weight excluding hydrogens is 420 g/mol. The van der Waals surface area contributed by atoms with Gasteiger partial charge in [-0.25, -0.2) is 4.79 Å². The summed E-state index contributed by atoms with van der Waals surface area (Å²) in [5.74, 6) is -1.31. The predicted octanol–water partition coefficient (Wildman–Crippen LogP) is 5.38. The topological polar surface area (TPSA) is 55.8 Å². The quantitative estimate of drug-likeness (QED) is 0.703. The summed E-state index contributed by atoms with van der Waals surface area (Å²) in [7, 11) is 1.48. The summed E-state index contributed by atoms with van der Waals surface area (Å²) >= 11 is 12.3. The number of alkyl halides is 3. The maximum atomic E-state index is 13.2. The highest BCUT2D eigenvalue weighted by atomic mass is 35.5. The Balaban J connectivity index is 1.98. The second-order valence-corrected chi connectivity index (χ2v) is 6.89. The fraction of sp³-hybridized carbons (Fsp3) is 0.211. The van der Waals surface area contributed by atoms with E-state index in [1.54, 1.807) is 18.2 Å². The Kier molecular flexibility index (Phi) is 5.50. The molecule has 1 unspecified atom stereocenters. The zero-order valence-electron chi connectivity index (χ0n) is 14.3. The average Bonchev–Trinajstić information content (AvgIpc) is 2.60. The third-order valence-electron chi connectivity index (χ3n) is 4.17. The number of aliphatic carboxylic acids is 1. The van der Waals surface area contributed by atoms with Gasteiger partial charge in [0.25, 0.3) is 0 Å². The number of carboxylic acid groups (broad SMARTS) is 1. The minimum atomic E-state index is -4.87. The Morgan fingerprint density at radius 3 is 2.50 bits per heavy atom. The van der Waals surface area contributed by atoms with Crippen molar-refractivity contribution >= 4 is 35.2 Å². The largest absolute Gasteiger partial charge is 0.495 e. The molecule has 0 saturated carbocycles. The first kappa shape index (κ1) is 20.4. The number of methoxy groups -OCH3 is 1. The first-order chi connectivity index (χ1) is 13.1. The highest BCUT2D eigenvalue weighted by Gasteiger charge is 2.48. The summed E-state index contributed by atoms with van der Waals surface area (Å²) in [5, 5.41) is 9.73. The maximum absolute atomic E-state index is 13.2. The molecule has 0 radical (unpaired) electrons. The third kappa shape index (κ3) is 4.05. The van der Waals surface area contributed by atoms with Crippen molar-refractivity contribution in [1.82, 2.24) is 0 Å². The van der Waals surface area contributed by atoms with Crippen LogP contribution in [0.5, 0.6) is 11.5 Å². The van der Waals surface area contributed by atoms with Crippen LogP contribution in [0.2, 0.25) is 10.0 Å². The van der Waals surface area contributed by atoms with Crippen molar-refractivity contribution in [3.63, 3.8) is 0 Å². The molecule has 1 N–H and O–H groups in total. The van der Waals surface area contributed by atoms with Gasteiger partial charge in [0.15, 0.2) is 0 Å². The Labute approximate surface area is 168 Å². The van der Waals surface area contributed by atoms with Gasteiger partial charge in [0.1, 0.15) is 11.5 Å². The molecule has 28 heavy (non-hydrogen) atoms. The van der Waals surface area contributed by atoms with Crippen molar-refractivity contribution in [3.8, 4) is 11.5 Å². The number of ether oxygens (including phenoxy) is 2. The Morgan fingerprint density at radius 2 is 1.93 bits per heavy atom. The van der Waals surface area contributed by atoms with Crippen LogP contribution in [0.3, 0.4) is 0 Å². The highest BCUT2D eigenvalue weighted by molar-refractivity contribution is 6.32. The molecule has 3 rings (SSSR count). The van der Waals surface area contributed by atoms with Crippen molar-refractivity contribution in [2.75, 3.05) is 7.11 Å². The van der Waals surface area contributed by atoms with Crippen molar-refractivity contribution in [2.45, 2.75) is 18.7 Å². The lowest BCUT2D eigenvalue weighted by molar-refractivity contribution is -0.187. The molecule has 1 heterocycles. The highest BCUT2D eigenvalue weighted by Crippen LogP contribution is 2.40. The summed E-state index contributed by atoms with van der Waals surface area (Å²) in [6.45, 7) is 0. The van der Waals surface area contributed by atoms with Gasteiger partial charge in [-0.2, -0.15) is 13.2 Å². The van der Waals surface area contributed by atoms with Crippen molar-refractivity contribution in [2.24, 2.45) is 0 Å². The molecule has 2 aromatic rings. The summed E-state index contributed by atoms with van der Waals surface area (Å²) in [4.78, 5) is 11.2. The van der Waals surface area contributed by atoms with Gasteiger partial charge in [0.05, 0.1) is 17.7 Å². The van der Waals surface area contributed by atoms with Crippen LogP contribution < -0.4 is 9.47 Å². The van der Waals surface area contributed by atoms with Crippen LogP contribution in [0.4, 0.5) is 13.2 Å². The summed E-state index contributed by atoms with van der Waals surface area (Å²) in [6, 6.07) is 7.85. The van der Waals surface area contributed by atoms with Gasteiger partial charge < -0.3 is 14.6 Å². The van der Waals surface area contributed by atoms with Gasteiger partial charge >= 0.3 is 12.1 Å². The van der Waals surface area contributed by atoms with E-state index in [2.05, 4.69) is 0 Å². The first-order valence-corrected chi connectivity index (χ1v) is 8.69. The second-order valence-electron chi connectivity index (χ2n) is 6.07. The van der Waals surface area contributed by atoms with Crippen molar-refractivity contribution in [1.29, 1.82) is 0 Å². The monoisotopic (exact) mass is 432 g/mol. The molecule has 2 aromatic carbocycles. The van der Waals surface area contributed by atoms with Crippen LogP contribution in [0.1, 0.15) is 16.7 Å². The number of carbonyl (C=O) groups is 1. The van der Waals surface area contributed by atoms with E-state index in [9.17, 15) is 18.0 Å². The maximum Gasteiger partial charge on any atom is 0.430 e. The minimum absolute atomic E-state index is 0.0914. The molecule has 148 valence electrons. The Morgan fingerprint density at radius 1 is 1.21 bits per heavy atom. The lowest BCUT2D eigenvalue weighted by Crippen LogP contribution is -2.40. The number of halogens is 5. The molecule has 1 atom stereocenters. The SMILES string of the molecule is COc1ccc(Cc2cc3c(cc2Cl)C=C(C(=O)O)C(C(F)(F)F)O3)cc1Cl. The molecule has 0 spiro atoms. The molecule has 0 aromatic heterocycles. The first-order valence-electron chi connectivity index (χ1n) is 7.93. The van der Waals surface area contributed by atoms with E-state index in [1.165, 1.54) is 19.2 Å². The Hall–Kier alpha value is -2.38. The molecule has 4 nitrogen and oxygen atoms in total. The molecule has 1 aliphatic rings. The van der Waals surface area contributed by atoms with Crippen LogP contribution in [0.15, 0.2) is 35.9 Å². The summed E-state index contributed by atoms with van der Waals surface area (Å²) < 4.78 is 49.7. The smallest absolute Gasteiger partial charge is 0.430 e. The molecule has 0 bridgehead atoms. The molecule has 0 aliphatic carbocycles.